The van der Waals surface area contributed by atoms with E-state index in [1.807, 2.05) is 47.4 Å². The van der Waals surface area contributed by atoms with Gasteiger partial charge in [0.05, 0.1) is 18.7 Å². The van der Waals surface area contributed by atoms with Gasteiger partial charge in [-0.15, -0.1) is 0 Å². The second-order valence-electron chi connectivity index (χ2n) is 5.80. The summed E-state index contributed by atoms with van der Waals surface area (Å²) < 4.78 is 5.82. The normalized spacial score (nSPS) is 17.8. The van der Waals surface area contributed by atoms with Gasteiger partial charge < -0.3 is 9.64 Å². The van der Waals surface area contributed by atoms with Crippen LogP contribution in [0.3, 0.4) is 0 Å². The van der Waals surface area contributed by atoms with Gasteiger partial charge in [-0.05, 0) is 42.0 Å². The first-order valence-corrected chi connectivity index (χ1v) is 7.97. The summed E-state index contributed by atoms with van der Waals surface area (Å²) in [4.78, 5) is 23.0. The zero-order valence-electron chi connectivity index (χ0n) is 13.1. The zero-order chi connectivity index (χ0) is 16.4. The van der Waals surface area contributed by atoms with Crippen LogP contribution in [0.25, 0.3) is 10.9 Å². The summed E-state index contributed by atoms with van der Waals surface area (Å²) in [5.41, 5.74) is 2.63. The van der Waals surface area contributed by atoms with Gasteiger partial charge in [0.15, 0.2) is 0 Å². The van der Waals surface area contributed by atoms with Crippen molar-refractivity contribution in [2.75, 3.05) is 19.7 Å². The molecule has 120 valence electrons. The molecule has 3 heterocycles. The van der Waals surface area contributed by atoms with Gasteiger partial charge in [-0.2, -0.15) is 0 Å². The van der Waals surface area contributed by atoms with Crippen LogP contribution in [0.15, 0.2) is 61.1 Å². The molecule has 0 bridgehead atoms. The van der Waals surface area contributed by atoms with Crippen molar-refractivity contribution in [1.29, 1.82) is 0 Å². The second kappa shape index (κ2) is 6.37. The van der Waals surface area contributed by atoms with E-state index in [2.05, 4.69) is 9.97 Å². The van der Waals surface area contributed by atoms with E-state index in [1.54, 1.807) is 18.6 Å². The number of carbonyl (C=O) groups is 1. The molecule has 1 aliphatic rings. The fourth-order valence-corrected chi connectivity index (χ4v) is 3.00. The van der Waals surface area contributed by atoms with Gasteiger partial charge in [0.1, 0.15) is 6.10 Å². The third kappa shape index (κ3) is 2.86. The number of rotatable bonds is 2. The number of aromatic nitrogens is 2. The van der Waals surface area contributed by atoms with Crippen LogP contribution in [0.5, 0.6) is 0 Å². The molecule has 5 nitrogen and oxygen atoms in total. The molecule has 1 aliphatic heterocycles. The van der Waals surface area contributed by atoms with Crippen molar-refractivity contribution in [3.05, 3.63) is 72.2 Å². The third-order valence-corrected chi connectivity index (χ3v) is 4.28. The molecule has 0 saturated carbocycles. The van der Waals surface area contributed by atoms with Gasteiger partial charge >= 0.3 is 0 Å². The van der Waals surface area contributed by atoms with E-state index in [1.165, 1.54) is 0 Å². The van der Waals surface area contributed by atoms with Crippen LogP contribution in [0.2, 0.25) is 0 Å². The lowest BCUT2D eigenvalue weighted by molar-refractivity contribution is -0.0228. The second-order valence-corrected chi connectivity index (χ2v) is 5.80. The van der Waals surface area contributed by atoms with E-state index >= 15 is 0 Å². The molecule has 0 radical (unpaired) electrons. The molecule has 24 heavy (non-hydrogen) atoms. The number of fused-ring (bicyclic) bond motifs is 1. The zero-order valence-corrected chi connectivity index (χ0v) is 13.1. The molecule has 5 heteroatoms. The van der Waals surface area contributed by atoms with Crippen LogP contribution in [-0.2, 0) is 4.74 Å². The Kier molecular flexibility index (Phi) is 3.92. The van der Waals surface area contributed by atoms with Gasteiger partial charge in [-0.3, -0.25) is 14.8 Å². The molecule has 1 amide bonds. The molecule has 2 aromatic heterocycles. The predicted molar refractivity (Wildman–Crippen MR) is 90.6 cm³/mol. The molecule has 0 N–H and O–H groups in total. The van der Waals surface area contributed by atoms with Crippen molar-refractivity contribution in [3.8, 4) is 0 Å². The molecule has 1 atom stereocenters. The van der Waals surface area contributed by atoms with Crippen LogP contribution in [0.4, 0.5) is 0 Å². The Hall–Kier alpha value is -2.79. The van der Waals surface area contributed by atoms with Crippen LogP contribution in [0.1, 0.15) is 22.0 Å². The number of ether oxygens (including phenoxy) is 1. The Bertz CT molecular complexity index is 867. The maximum atomic E-state index is 12.9. The van der Waals surface area contributed by atoms with E-state index in [9.17, 15) is 4.79 Å². The molecule has 1 saturated heterocycles. The lowest BCUT2D eigenvalue weighted by Gasteiger charge is -2.33. The predicted octanol–water partition coefficient (Wildman–Crippen LogP) is 2.84. The maximum Gasteiger partial charge on any atom is 0.254 e. The lowest BCUT2D eigenvalue weighted by Crippen LogP contribution is -2.42. The van der Waals surface area contributed by atoms with Crippen molar-refractivity contribution in [3.63, 3.8) is 0 Å². The number of morpholine rings is 1. The summed E-state index contributed by atoms with van der Waals surface area (Å²) >= 11 is 0. The Morgan fingerprint density at radius 1 is 1.12 bits per heavy atom. The summed E-state index contributed by atoms with van der Waals surface area (Å²) in [5.74, 6) is 0.0307. The Labute approximate surface area is 139 Å². The van der Waals surface area contributed by atoms with Crippen LogP contribution < -0.4 is 0 Å². The number of pyridine rings is 2. The highest BCUT2D eigenvalue weighted by molar-refractivity contribution is 5.98. The van der Waals surface area contributed by atoms with Crippen molar-refractivity contribution in [2.24, 2.45) is 0 Å². The lowest BCUT2D eigenvalue weighted by atomic mass is 10.1. The Balaban J connectivity index is 1.56. The number of carbonyl (C=O) groups excluding carboxylic acids is 1. The average Bonchev–Trinajstić information content (AvgIpc) is 2.68. The largest absolute Gasteiger partial charge is 0.370 e. The number of benzene rings is 1. The highest BCUT2D eigenvalue weighted by atomic mass is 16.5. The highest BCUT2D eigenvalue weighted by Gasteiger charge is 2.26. The number of hydrogen-bond donors (Lipinski definition) is 0. The Morgan fingerprint density at radius 2 is 2.00 bits per heavy atom. The van der Waals surface area contributed by atoms with E-state index in [0.717, 1.165) is 16.5 Å². The van der Waals surface area contributed by atoms with Crippen LogP contribution in [-0.4, -0.2) is 40.5 Å². The SMILES string of the molecule is O=C(c1ccc2ncccc2c1)N1CCO[C@@H](c2ccncc2)C1. The summed E-state index contributed by atoms with van der Waals surface area (Å²) in [6.07, 6.45) is 5.14. The van der Waals surface area contributed by atoms with E-state index in [-0.39, 0.29) is 12.0 Å². The van der Waals surface area contributed by atoms with Crippen molar-refractivity contribution in [1.82, 2.24) is 14.9 Å². The van der Waals surface area contributed by atoms with Crippen LogP contribution in [0, 0.1) is 0 Å². The standard InChI is InChI=1S/C19H17N3O2/c23-19(16-3-4-17-15(12-16)2-1-7-21-17)22-10-11-24-18(13-22)14-5-8-20-9-6-14/h1-9,12,18H,10-11,13H2/t18-/m1/s1. The first kappa shape index (κ1) is 14.8. The van der Waals surface area contributed by atoms with Gasteiger partial charge in [0.25, 0.3) is 5.91 Å². The molecular formula is C19H17N3O2. The summed E-state index contributed by atoms with van der Waals surface area (Å²) in [6.45, 7) is 1.69. The van der Waals surface area contributed by atoms with Crippen LogP contribution >= 0.6 is 0 Å². The smallest absolute Gasteiger partial charge is 0.254 e. The van der Waals surface area contributed by atoms with Gasteiger partial charge in [-0.25, -0.2) is 0 Å². The molecule has 3 aromatic rings. The number of nitrogens with zero attached hydrogens (tertiary/aromatic N) is 3. The quantitative estimate of drug-likeness (QED) is 0.729. The first-order valence-electron chi connectivity index (χ1n) is 7.97. The minimum atomic E-state index is -0.104. The fourth-order valence-electron chi connectivity index (χ4n) is 3.00. The summed E-state index contributed by atoms with van der Waals surface area (Å²) in [5, 5.41) is 0.974. The third-order valence-electron chi connectivity index (χ3n) is 4.28. The van der Waals surface area contributed by atoms with Gasteiger partial charge in [-0.1, -0.05) is 6.07 Å². The minimum absolute atomic E-state index is 0.0307. The number of amides is 1. The Morgan fingerprint density at radius 3 is 2.88 bits per heavy atom. The summed E-state index contributed by atoms with van der Waals surface area (Å²) in [7, 11) is 0. The number of hydrogen-bond acceptors (Lipinski definition) is 4. The minimum Gasteiger partial charge on any atom is -0.370 e. The molecule has 0 aliphatic carbocycles. The van der Waals surface area contributed by atoms with Crippen molar-refractivity contribution < 1.29 is 9.53 Å². The molecule has 1 aromatic carbocycles. The first-order chi connectivity index (χ1) is 11.8. The fraction of sp³-hybridized carbons (Fsp3) is 0.211. The molecule has 4 rings (SSSR count). The molecule has 1 fully saturated rings. The monoisotopic (exact) mass is 319 g/mol. The van der Waals surface area contributed by atoms with Gasteiger partial charge in [0, 0.05) is 36.1 Å². The highest BCUT2D eigenvalue weighted by Crippen LogP contribution is 2.23. The van der Waals surface area contributed by atoms with Crippen molar-refractivity contribution >= 4 is 16.8 Å². The topological polar surface area (TPSA) is 55.3 Å². The van der Waals surface area contributed by atoms with Crippen molar-refractivity contribution in [2.45, 2.75) is 6.10 Å². The van der Waals surface area contributed by atoms with E-state index in [4.69, 9.17) is 4.74 Å². The van der Waals surface area contributed by atoms with E-state index in [0.29, 0.717) is 25.3 Å². The van der Waals surface area contributed by atoms with Gasteiger partial charge in [0.2, 0.25) is 0 Å². The average molecular weight is 319 g/mol. The van der Waals surface area contributed by atoms with E-state index < -0.39 is 0 Å². The molecule has 0 spiro atoms. The maximum absolute atomic E-state index is 12.9. The summed E-state index contributed by atoms with van der Waals surface area (Å²) in [6, 6.07) is 13.4. The molecule has 0 unspecified atom stereocenters. The molecular weight excluding hydrogens is 302 g/mol.